The van der Waals surface area contributed by atoms with Gasteiger partial charge in [-0.25, -0.2) is 0 Å². The lowest BCUT2D eigenvalue weighted by molar-refractivity contribution is -0.00544. The Kier molecular flexibility index (Phi) is 6.41. The van der Waals surface area contributed by atoms with Gasteiger partial charge in [0.05, 0.1) is 18.8 Å². The van der Waals surface area contributed by atoms with Crippen LogP contribution in [0.25, 0.3) is 0 Å². The second-order valence-electron chi connectivity index (χ2n) is 5.65. The van der Waals surface area contributed by atoms with E-state index in [0.29, 0.717) is 19.3 Å². The molecule has 0 bridgehead atoms. The van der Waals surface area contributed by atoms with Crippen molar-refractivity contribution in [3.8, 4) is 0 Å². The number of likely N-dealkylation sites (tertiary alicyclic amines) is 1. The maximum absolute atomic E-state index is 9.80. The Balaban J connectivity index is 1.42. The summed E-state index contributed by atoms with van der Waals surface area (Å²) in [5.41, 5.74) is 0. The monoisotopic (exact) mass is 256 g/mol. The van der Waals surface area contributed by atoms with E-state index < -0.39 is 0 Å². The highest BCUT2D eigenvalue weighted by Gasteiger charge is 2.16. The highest BCUT2D eigenvalue weighted by molar-refractivity contribution is 4.70. The van der Waals surface area contributed by atoms with E-state index in [1.807, 2.05) is 0 Å². The number of aliphatic hydroxyl groups excluding tert-OH is 1. The van der Waals surface area contributed by atoms with Gasteiger partial charge in [-0.1, -0.05) is 12.8 Å². The summed E-state index contributed by atoms with van der Waals surface area (Å²) in [6.07, 6.45) is 7.66. The fourth-order valence-electron chi connectivity index (χ4n) is 2.87. The zero-order valence-corrected chi connectivity index (χ0v) is 11.4. The average molecular weight is 256 g/mol. The summed E-state index contributed by atoms with van der Waals surface area (Å²) >= 11 is 0. The van der Waals surface area contributed by atoms with Crippen LogP contribution < -0.4 is 5.32 Å². The van der Waals surface area contributed by atoms with Gasteiger partial charge >= 0.3 is 0 Å². The van der Waals surface area contributed by atoms with Gasteiger partial charge in [0.15, 0.2) is 0 Å². The standard InChI is InChI=1S/C14H28N2O2/c17-13(12-18-14-5-1-2-6-14)11-15-7-10-16-8-3-4-9-16/h13-15,17H,1-12H2. The third-order valence-electron chi connectivity index (χ3n) is 4.01. The van der Waals surface area contributed by atoms with Gasteiger partial charge in [-0.2, -0.15) is 0 Å². The Morgan fingerprint density at radius 2 is 1.89 bits per heavy atom. The molecule has 106 valence electrons. The van der Waals surface area contributed by atoms with Crippen molar-refractivity contribution in [3.63, 3.8) is 0 Å². The Labute approximate surface area is 111 Å². The first-order valence-electron chi connectivity index (χ1n) is 7.57. The molecule has 2 rings (SSSR count). The number of aliphatic hydroxyl groups is 1. The Morgan fingerprint density at radius 1 is 1.17 bits per heavy atom. The van der Waals surface area contributed by atoms with Crippen LogP contribution in [0.5, 0.6) is 0 Å². The van der Waals surface area contributed by atoms with Crippen molar-refractivity contribution < 1.29 is 9.84 Å². The van der Waals surface area contributed by atoms with Gasteiger partial charge in [0.2, 0.25) is 0 Å². The molecule has 1 unspecified atom stereocenters. The van der Waals surface area contributed by atoms with Crippen LogP contribution in [-0.2, 0) is 4.74 Å². The topological polar surface area (TPSA) is 44.7 Å². The first-order valence-corrected chi connectivity index (χ1v) is 7.57. The predicted octanol–water partition coefficient (Wildman–Crippen LogP) is 0.992. The molecule has 1 saturated carbocycles. The number of nitrogens with one attached hydrogen (secondary N) is 1. The van der Waals surface area contributed by atoms with Crippen LogP contribution in [0.4, 0.5) is 0 Å². The van der Waals surface area contributed by atoms with Gasteiger partial charge in [0.25, 0.3) is 0 Å². The smallest absolute Gasteiger partial charge is 0.0897 e. The molecular formula is C14H28N2O2. The molecule has 1 aliphatic heterocycles. The summed E-state index contributed by atoms with van der Waals surface area (Å²) in [5, 5.41) is 13.1. The molecule has 4 heteroatoms. The first kappa shape index (κ1) is 14.3. The maximum atomic E-state index is 9.80. The predicted molar refractivity (Wildman–Crippen MR) is 72.8 cm³/mol. The highest BCUT2D eigenvalue weighted by Crippen LogP contribution is 2.20. The van der Waals surface area contributed by atoms with Crippen LogP contribution in [-0.4, -0.2) is 61.5 Å². The SMILES string of the molecule is OC(CNCCN1CCCC1)COC1CCCC1. The van der Waals surface area contributed by atoms with Gasteiger partial charge in [-0.05, 0) is 38.8 Å². The van der Waals surface area contributed by atoms with Gasteiger partial charge in [0, 0.05) is 19.6 Å². The lowest BCUT2D eigenvalue weighted by Crippen LogP contribution is -2.36. The molecule has 1 aliphatic carbocycles. The third-order valence-corrected chi connectivity index (χ3v) is 4.01. The fourth-order valence-corrected chi connectivity index (χ4v) is 2.87. The summed E-state index contributed by atoms with van der Waals surface area (Å²) < 4.78 is 5.69. The largest absolute Gasteiger partial charge is 0.389 e. The quantitative estimate of drug-likeness (QED) is 0.636. The molecule has 2 N–H and O–H groups in total. The van der Waals surface area contributed by atoms with Crippen LogP contribution in [0.2, 0.25) is 0 Å². The minimum absolute atomic E-state index is 0.357. The number of rotatable bonds is 8. The fraction of sp³-hybridized carbons (Fsp3) is 1.00. The molecule has 0 aromatic carbocycles. The van der Waals surface area contributed by atoms with E-state index in [0.717, 1.165) is 13.1 Å². The molecule has 0 radical (unpaired) electrons. The first-order chi connectivity index (χ1) is 8.84. The summed E-state index contributed by atoms with van der Waals surface area (Å²) in [6, 6.07) is 0. The minimum Gasteiger partial charge on any atom is -0.389 e. The van der Waals surface area contributed by atoms with Crippen LogP contribution in [0.3, 0.4) is 0 Å². The molecule has 1 atom stereocenters. The van der Waals surface area contributed by atoms with Crippen LogP contribution in [0.15, 0.2) is 0 Å². The molecule has 0 spiro atoms. The average Bonchev–Trinajstić information content (AvgIpc) is 3.04. The van der Waals surface area contributed by atoms with Crippen molar-refractivity contribution >= 4 is 0 Å². The van der Waals surface area contributed by atoms with Crippen molar-refractivity contribution in [3.05, 3.63) is 0 Å². The van der Waals surface area contributed by atoms with Crippen LogP contribution in [0.1, 0.15) is 38.5 Å². The van der Waals surface area contributed by atoms with Gasteiger partial charge in [-0.15, -0.1) is 0 Å². The molecule has 2 aliphatic rings. The Hall–Kier alpha value is -0.160. The Bertz CT molecular complexity index is 214. The minimum atomic E-state index is -0.357. The molecule has 2 fully saturated rings. The maximum Gasteiger partial charge on any atom is 0.0897 e. The van der Waals surface area contributed by atoms with Gasteiger partial charge in [-0.3, -0.25) is 0 Å². The molecule has 0 amide bonds. The van der Waals surface area contributed by atoms with Crippen molar-refractivity contribution in [2.24, 2.45) is 0 Å². The van der Waals surface area contributed by atoms with Crippen molar-refractivity contribution in [2.75, 3.05) is 39.3 Å². The summed E-state index contributed by atoms with van der Waals surface area (Å²) in [6.45, 7) is 5.71. The third kappa shape index (κ3) is 5.22. The number of nitrogens with zero attached hydrogens (tertiary/aromatic N) is 1. The van der Waals surface area contributed by atoms with Crippen LogP contribution >= 0.6 is 0 Å². The summed E-state index contributed by atoms with van der Waals surface area (Å²) in [4.78, 5) is 2.48. The van der Waals surface area contributed by atoms with Gasteiger partial charge in [0.1, 0.15) is 0 Å². The summed E-state index contributed by atoms with van der Waals surface area (Å²) in [5.74, 6) is 0. The molecule has 0 aromatic heterocycles. The van der Waals surface area contributed by atoms with E-state index in [-0.39, 0.29) is 6.10 Å². The zero-order valence-electron chi connectivity index (χ0n) is 11.4. The van der Waals surface area contributed by atoms with Crippen molar-refractivity contribution in [2.45, 2.75) is 50.7 Å². The van der Waals surface area contributed by atoms with E-state index in [2.05, 4.69) is 10.2 Å². The van der Waals surface area contributed by atoms with E-state index in [9.17, 15) is 5.11 Å². The zero-order chi connectivity index (χ0) is 12.6. The molecule has 1 saturated heterocycles. The van der Waals surface area contributed by atoms with Crippen LogP contribution in [0, 0.1) is 0 Å². The van der Waals surface area contributed by atoms with E-state index >= 15 is 0 Å². The van der Waals surface area contributed by atoms with Crippen molar-refractivity contribution in [1.82, 2.24) is 10.2 Å². The highest BCUT2D eigenvalue weighted by atomic mass is 16.5. The molecule has 1 heterocycles. The number of ether oxygens (including phenoxy) is 1. The van der Waals surface area contributed by atoms with Gasteiger partial charge < -0.3 is 20.1 Å². The lowest BCUT2D eigenvalue weighted by Gasteiger charge is -2.18. The van der Waals surface area contributed by atoms with E-state index in [1.165, 1.54) is 51.6 Å². The second kappa shape index (κ2) is 8.10. The molecular weight excluding hydrogens is 228 g/mol. The molecule has 18 heavy (non-hydrogen) atoms. The number of hydrogen-bond acceptors (Lipinski definition) is 4. The molecule has 4 nitrogen and oxygen atoms in total. The second-order valence-corrected chi connectivity index (χ2v) is 5.65. The molecule has 0 aromatic rings. The Morgan fingerprint density at radius 3 is 2.61 bits per heavy atom. The number of hydrogen-bond donors (Lipinski definition) is 2. The summed E-state index contributed by atoms with van der Waals surface area (Å²) in [7, 11) is 0. The van der Waals surface area contributed by atoms with E-state index in [4.69, 9.17) is 4.74 Å². The lowest BCUT2D eigenvalue weighted by atomic mass is 10.3. The normalized spacial score (nSPS) is 23.8. The van der Waals surface area contributed by atoms with E-state index in [1.54, 1.807) is 0 Å². The van der Waals surface area contributed by atoms with Crippen molar-refractivity contribution in [1.29, 1.82) is 0 Å².